The molecule has 1 heterocycles. The van der Waals surface area contributed by atoms with E-state index in [1.807, 2.05) is 31.4 Å². The maximum atomic E-state index is 12.2. The summed E-state index contributed by atoms with van der Waals surface area (Å²) in [6.07, 6.45) is 0.138. The first-order chi connectivity index (χ1) is 12.5. The maximum Gasteiger partial charge on any atom is 0.311 e. The lowest BCUT2D eigenvalue weighted by Gasteiger charge is -2.12. The Labute approximate surface area is 156 Å². The van der Waals surface area contributed by atoms with Gasteiger partial charge in [0.05, 0.1) is 17.7 Å². The fraction of sp³-hybridized carbons (Fsp3) is 0.316. The monoisotopic (exact) mass is 374 g/mol. The number of rotatable bonds is 8. The number of amides is 2. The number of hydrogen-bond acceptors (Lipinski definition) is 5. The normalized spacial score (nSPS) is 10.4. The second-order valence-corrected chi connectivity index (χ2v) is 7.15. The van der Waals surface area contributed by atoms with Crippen molar-refractivity contribution in [2.75, 3.05) is 18.5 Å². The van der Waals surface area contributed by atoms with Crippen LogP contribution in [0.15, 0.2) is 41.8 Å². The number of benzene rings is 1. The Balaban J connectivity index is 1.88. The number of nitrogens with one attached hydrogen (secondary N) is 2. The number of thiophene rings is 1. The van der Waals surface area contributed by atoms with Gasteiger partial charge in [0.2, 0.25) is 0 Å². The molecule has 138 valence electrons. The van der Waals surface area contributed by atoms with Gasteiger partial charge in [0.25, 0.3) is 11.8 Å². The van der Waals surface area contributed by atoms with Crippen molar-refractivity contribution in [3.8, 4) is 0 Å². The lowest BCUT2D eigenvalue weighted by atomic mass is 10.1. The average Bonchev–Trinajstić information content (AvgIpc) is 3.11. The summed E-state index contributed by atoms with van der Waals surface area (Å²) in [6.45, 7) is 4.14. The number of carbonyl (C=O) groups is 3. The fourth-order valence-electron chi connectivity index (χ4n) is 2.12. The van der Waals surface area contributed by atoms with Crippen molar-refractivity contribution >= 4 is 34.8 Å². The summed E-state index contributed by atoms with van der Waals surface area (Å²) in [5, 5.41) is 7.30. The van der Waals surface area contributed by atoms with E-state index in [4.69, 9.17) is 4.74 Å². The zero-order valence-corrected chi connectivity index (χ0v) is 15.6. The minimum absolute atomic E-state index is 0.138. The molecule has 0 radical (unpaired) electrons. The highest BCUT2D eigenvalue weighted by Gasteiger charge is 2.14. The van der Waals surface area contributed by atoms with Crippen molar-refractivity contribution in [1.82, 2.24) is 5.32 Å². The highest BCUT2D eigenvalue weighted by atomic mass is 32.1. The predicted molar refractivity (Wildman–Crippen MR) is 101 cm³/mol. The third-order valence-corrected chi connectivity index (χ3v) is 4.26. The zero-order chi connectivity index (χ0) is 18.9. The molecule has 26 heavy (non-hydrogen) atoms. The third-order valence-electron chi connectivity index (χ3n) is 3.38. The van der Waals surface area contributed by atoms with E-state index in [0.29, 0.717) is 23.7 Å². The van der Waals surface area contributed by atoms with Crippen molar-refractivity contribution in [2.45, 2.75) is 20.3 Å². The second-order valence-electron chi connectivity index (χ2n) is 6.11. The van der Waals surface area contributed by atoms with Crippen LogP contribution in [-0.2, 0) is 20.7 Å². The van der Waals surface area contributed by atoms with Crippen molar-refractivity contribution < 1.29 is 19.1 Å². The second kappa shape index (κ2) is 9.72. The van der Waals surface area contributed by atoms with E-state index in [1.165, 1.54) is 11.3 Å². The summed E-state index contributed by atoms with van der Waals surface area (Å²) in [5.74, 6) is -0.896. The molecule has 0 unspecified atom stereocenters. The third kappa shape index (κ3) is 6.33. The van der Waals surface area contributed by atoms with Crippen LogP contribution < -0.4 is 10.6 Å². The Morgan fingerprint density at radius 2 is 1.88 bits per heavy atom. The van der Waals surface area contributed by atoms with Crippen molar-refractivity contribution in [3.05, 3.63) is 52.2 Å². The van der Waals surface area contributed by atoms with Crippen LogP contribution in [0.25, 0.3) is 0 Å². The number of hydrogen-bond donors (Lipinski definition) is 2. The first kappa shape index (κ1) is 19.7. The average molecular weight is 374 g/mol. The summed E-state index contributed by atoms with van der Waals surface area (Å²) < 4.78 is 4.98. The van der Waals surface area contributed by atoms with E-state index in [0.717, 1.165) is 4.88 Å². The predicted octanol–water partition coefficient (Wildman–Crippen LogP) is 2.86. The molecule has 1 aromatic heterocycles. The molecule has 7 heteroatoms. The summed E-state index contributed by atoms with van der Waals surface area (Å²) in [4.78, 5) is 36.9. The summed E-state index contributed by atoms with van der Waals surface area (Å²) in [7, 11) is 0. The van der Waals surface area contributed by atoms with Gasteiger partial charge in [-0.25, -0.2) is 0 Å². The number of esters is 1. The van der Waals surface area contributed by atoms with Gasteiger partial charge in [-0.15, -0.1) is 11.3 Å². The van der Waals surface area contributed by atoms with Crippen LogP contribution in [0, 0.1) is 5.92 Å². The molecular weight excluding hydrogens is 352 g/mol. The van der Waals surface area contributed by atoms with Gasteiger partial charge in [-0.3, -0.25) is 14.4 Å². The molecule has 0 fully saturated rings. The highest BCUT2D eigenvalue weighted by molar-refractivity contribution is 7.10. The van der Waals surface area contributed by atoms with Crippen LogP contribution >= 0.6 is 11.3 Å². The molecule has 0 aliphatic heterocycles. The molecule has 0 atom stereocenters. The molecule has 2 rings (SSSR count). The molecule has 0 bridgehead atoms. The standard InChI is InChI=1S/C19H22N2O4S/c1-13(2)11-20-19(24)15-7-3-4-8-16(15)21-17(22)12-25-18(23)10-14-6-5-9-26-14/h3-9,13H,10-12H2,1-2H3,(H,20,24)(H,21,22). The quantitative estimate of drug-likeness (QED) is 0.696. The lowest BCUT2D eigenvalue weighted by Crippen LogP contribution is -2.29. The Kier molecular flexibility index (Phi) is 7.35. The van der Waals surface area contributed by atoms with Crippen molar-refractivity contribution in [3.63, 3.8) is 0 Å². The molecule has 2 N–H and O–H groups in total. The van der Waals surface area contributed by atoms with E-state index >= 15 is 0 Å². The van der Waals surface area contributed by atoms with Gasteiger partial charge in [0.1, 0.15) is 0 Å². The van der Waals surface area contributed by atoms with Gasteiger partial charge < -0.3 is 15.4 Å². The Hall–Kier alpha value is -2.67. The maximum absolute atomic E-state index is 12.2. The molecule has 2 amide bonds. The van der Waals surface area contributed by atoms with Crippen LogP contribution in [0.2, 0.25) is 0 Å². The van der Waals surface area contributed by atoms with Crippen LogP contribution in [0.1, 0.15) is 29.1 Å². The Bertz CT molecular complexity index is 757. The number of carbonyl (C=O) groups excluding carboxylic acids is 3. The molecular formula is C19H22N2O4S. The summed E-state index contributed by atoms with van der Waals surface area (Å²) in [5.41, 5.74) is 0.750. The van der Waals surface area contributed by atoms with Gasteiger partial charge >= 0.3 is 5.97 Å². The number of ether oxygens (including phenoxy) is 1. The molecule has 0 saturated carbocycles. The van der Waals surface area contributed by atoms with Gasteiger partial charge in [0, 0.05) is 11.4 Å². The molecule has 0 spiro atoms. The SMILES string of the molecule is CC(C)CNC(=O)c1ccccc1NC(=O)COC(=O)Cc1cccs1. The molecule has 1 aromatic carbocycles. The van der Waals surface area contributed by atoms with Gasteiger partial charge in [-0.1, -0.05) is 32.0 Å². The minimum Gasteiger partial charge on any atom is -0.455 e. The summed E-state index contributed by atoms with van der Waals surface area (Å²) in [6, 6.07) is 10.4. The van der Waals surface area contributed by atoms with Crippen LogP contribution in [-0.4, -0.2) is 30.9 Å². The first-order valence-corrected chi connectivity index (χ1v) is 9.18. The van der Waals surface area contributed by atoms with E-state index in [9.17, 15) is 14.4 Å². The van der Waals surface area contributed by atoms with E-state index < -0.39 is 18.5 Å². The smallest absolute Gasteiger partial charge is 0.311 e. The summed E-state index contributed by atoms with van der Waals surface area (Å²) >= 11 is 1.45. The molecule has 0 saturated heterocycles. The number of para-hydroxylation sites is 1. The highest BCUT2D eigenvalue weighted by Crippen LogP contribution is 2.15. The van der Waals surface area contributed by atoms with Crippen LogP contribution in [0.4, 0.5) is 5.69 Å². The lowest BCUT2D eigenvalue weighted by molar-refractivity contribution is -0.146. The Morgan fingerprint density at radius 3 is 2.58 bits per heavy atom. The molecule has 2 aromatic rings. The zero-order valence-electron chi connectivity index (χ0n) is 14.8. The van der Waals surface area contributed by atoms with Crippen LogP contribution in [0.5, 0.6) is 0 Å². The molecule has 6 nitrogen and oxygen atoms in total. The molecule has 0 aliphatic rings. The van der Waals surface area contributed by atoms with Crippen molar-refractivity contribution in [1.29, 1.82) is 0 Å². The fourth-order valence-corrected chi connectivity index (χ4v) is 2.81. The Morgan fingerprint density at radius 1 is 1.12 bits per heavy atom. The van der Waals surface area contributed by atoms with Gasteiger partial charge in [-0.2, -0.15) is 0 Å². The minimum atomic E-state index is -0.492. The van der Waals surface area contributed by atoms with Gasteiger partial charge in [0.15, 0.2) is 6.61 Å². The van der Waals surface area contributed by atoms with Crippen molar-refractivity contribution in [2.24, 2.45) is 5.92 Å². The van der Waals surface area contributed by atoms with Crippen LogP contribution in [0.3, 0.4) is 0 Å². The van der Waals surface area contributed by atoms with E-state index in [1.54, 1.807) is 24.3 Å². The van der Waals surface area contributed by atoms with E-state index in [2.05, 4.69) is 10.6 Å². The molecule has 0 aliphatic carbocycles. The first-order valence-electron chi connectivity index (χ1n) is 8.30. The van der Waals surface area contributed by atoms with E-state index in [-0.39, 0.29) is 12.3 Å². The van der Waals surface area contributed by atoms with Gasteiger partial charge in [-0.05, 0) is 29.5 Å². The largest absolute Gasteiger partial charge is 0.455 e. The topological polar surface area (TPSA) is 84.5 Å². The number of anilines is 1.